The smallest absolute Gasteiger partial charge is 0.325 e. The van der Waals surface area contributed by atoms with Gasteiger partial charge >= 0.3 is 6.18 Å². The van der Waals surface area contributed by atoms with Crippen molar-refractivity contribution in [2.75, 3.05) is 5.32 Å². The maximum absolute atomic E-state index is 12.7. The molecule has 0 unspecified atom stereocenters. The van der Waals surface area contributed by atoms with Crippen molar-refractivity contribution in [2.45, 2.75) is 6.18 Å². The Morgan fingerprint density at radius 1 is 1.25 bits per heavy atom. The summed E-state index contributed by atoms with van der Waals surface area (Å²) in [5.74, 6) is -0.244. The van der Waals surface area contributed by atoms with Crippen LogP contribution in [0.2, 0.25) is 0 Å². The Labute approximate surface area is 112 Å². The van der Waals surface area contributed by atoms with E-state index in [9.17, 15) is 18.0 Å². The van der Waals surface area contributed by atoms with Gasteiger partial charge in [-0.3, -0.25) is 9.36 Å². The number of anilines is 2. The molecule has 2 aromatic rings. The number of halogens is 3. The van der Waals surface area contributed by atoms with Crippen molar-refractivity contribution < 1.29 is 13.2 Å². The first-order valence-corrected chi connectivity index (χ1v) is 5.57. The number of rotatable bonds is 3. The summed E-state index contributed by atoms with van der Waals surface area (Å²) < 4.78 is 38.9. The number of nitrogens with one attached hydrogen (secondary N) is 1. The lowest BCUT2D eigenvalue weighted by atomic mass is 10.3. The van der Waals surface area contributed by atoms with Crippen LogP contribution in [0.1, 0.15) is 5.69 Å². The minimum atomic E-state index is -4.69. The van der Waals surface area contributed by atoms with Crippen molar-refractivity contribution in [1.82, 2.24) is 9.55 Å². The van der Waals surface area contributed by atoms with Crippen LogP contribution < -0.4 is 10.9 Å². The number of hydrogen-bond donors (Lipinski definition) is 1. The van der Waals surface area contributed by atoms with Gasteiger partial charge in [-0.05, 0) is 12.1 Å². The molecule has 0 aliphatic heterocycles. The molecule has 0 aliphatic rings. The van der Waals surface area contributed by atoms with Gasteiger partial charge in [0, 0.05) is 18.0 Å². The molecule has 0 saturated heterocycles. The van der Waals surface area contributed by atoms with E-state index >= 15 is 0 Å². The van der Waals surface area contributed by atoms with Crippen LogP contribution in [0, 0.1) is 0 Å². The van der Waals surface area contributed by atoms with Crippen LogP contribution in [0.3, 0.4) is 0 Å². The predicted octanol–water partition coefficient (Wildman–Crippen LogP) is 3.11. The van der Waals surface area contributed by atoms with Gasteiger partial charge in [0.15, 0.2) is 5.69 Å². The van der Waals surface area contributed by atoms with Crippen molar-refractivity contribution >= 4 is 17.8 Å². The third-order valence-corrected chi connectivity index (χ3v) is 2.46. The fraction of sp³-hybridized carbons (Fsp3) is 0.0769. The van der Waals surface area contributed by atoms with Crippen LogP contribution in [-0.4, -0.2) is 9.55 Å². The Balaban J connectivity index is 2.53. The zero-order chi connectivity index (χ0) is 14.8. The van der Waals surface area contributed by atoms with Gasteiger partial charge in [0.2, 0.25) is 5.95 Å². The normalized spacial score (nSPS) is 11.2. The highest BCUT2D eigenvalue weighted by Crippen LogP contribution is 2.27. The zero-order valence-electron chi connectivity index (χ0n) is 10.2. The van der Waals surface area contributed by atoms with Gasteiger partial charge in [0.1, 0.15) is 0 Å². The van der Waals surface area contributed by atoms with E-state index in [0.29, 0.717) is 11.8 Å². The first-order chi connectivity index (χ1) is 9.41. The summed E-state index contributed by atoms with van der Waals surface area (Å²) in [5, 5.41) is 2.66. The van der Waals surface area contributed by atoms with Gasteiger partial charge in [0.05, 0.1) is 0 Å². The van der Waals surface area contributed by atoms with Crippen molar-refractivity contribution in [3.05, 3.63) is 59.0 Å². The summed E-state index contributed by atoms with van der Waals surface area (Å²) in [6, 6.07) is 8.86. The van der Waals surface area contributed by atoms with E-state index in [1.54, 1.807) is 30.3 Å². The number of aromatic nitrogens is 2. The maximum Gasteiger partial charge on any atom is 0.433 e. The lowest BCUT2D eigenvalue weighted by Gasteiger charge is -2.13. The van der Waals surface area contributed by atoms with Crippen molar-refractivity contribution in [3.8, 4) is 0 Å². The number of hydrogen-bond acceptors (Lipinski definition) is 3. The SMILES string of the molecule is C=Cn1c(Nc2ccccc2)nc(C(F)(F)F)cc1=O. The van der Waals surface area contributed by atoms with E-state index in [4.69, 9.17) is 0 Å². The second kappa shape index (κ2) is 5.20. The number of alkyl halides is 3. The lowest BCUT2D eigenvalue weighted by Crippen LogP contribution is -2.23. The Bertz CT molecular complexity index is 677. The Kier molecular flexibility index (Phi) is 3.60. The largest absolute Gasteiger partial charge is 0.433 e. The molecule has 0 spiro atoms. The molecule has 7 heteroatoms. The molecule has 20 heavy (non-hydrogen) atoms. The number of nitrogens with zero attached hydrogens (tertiary/aromatic N) is 2. The van der Waals surface area contributed by atoms with E-state index in [1.807, 2.05) is 0 Å². The molecule has 0 atom stereocenters. The Hall–Kier alpha value is -2.57. The van der Waals surface area contributed by atoms with Crippen LogP contribution >= 0.6 is 0 Å². The molecule has 1 aromatic heterocycles. The highest BCUT2D eigenvalue weighted by Gasteiger charge is 2.34. The fourth-order valence-electron chi connectivity index (χ4n) is 1.55. The van der Waals surface area contributed by atoms with E-state index < -0.39 is 17.4 Å². The van der Waals surface area contributed by atoms with Crippen molar-refractivity contribution in [3.63, 3.8) is 0 Å². The molecule has 0 bridgehead atoms. The van der Waals surface area contributed by atoms with Gasteiger partial charge in [-0.1, -0.05) is 24.8 Å². The first-order valence-electron chi connectivity index (χ1n) is 5.57. The van der Waals surface area contributed by atoms with Crippen molar-refractivity contribution in [2.24, 2.45) is 0 Å². The van der Waals surface area contributed by atoms with Gasteiger partial charge in [-0.15, -0.1) is 0 Å². The number of benzene rings is 1. The average molecular weight is 281 g/mol. The fourth-order valence-corrected chi connectivity index (χ4v) is 1.55. The summed E-state index contributed by atoms with van der Waals surface area (Å²) in [6.45, 7) is 3.39. The molecule has 0 radical (unpaired) electrons. The van der Waals surface area contributed by atoms with Gasteiger partial charge < -0.3 is 5.32 Å². The molecule has 0 amide bonds. The Morgan fingerprint density at radius 2 is 1.90 bits per heavy atom. The molecular formula is C13H10F3N3O. The van der Waals surface area contributed by atoms with Crippen LogP contribution in [0.5, 0.6) is 0 Å². The van der Waals surface area contributed by atoms with Crippen LogP contribution in [-0.2, 0) is 6.18 Å². The second-order valence-electron chi connectivity index (χ2n) is 3.84. The Morgan fingerprint density at radius 3 is 2.45 bits per heavy atom. The number of para-hydroxylation sites is 1. The molecule has 1 N–H and O–H groups in total. The zero-order valence-corrected chi connectivity index (χ0v) is 10.2. The lowest BCUT2D eigenvalue weighted by molar-refractivity contribution is -0.141. The van der Waals surface area contributed by atoms with Gasteiger partial charge in [0.25, 0.3) is 5.56 Å². The van der Waals surface area contributed by atoms with Crippen LogP contribution in [0.25, 0.3) is 6.20 Å². The molecule has 0 aliphatic carbocycles. The minimum absolute atomic E-state index is 0.244. The summed E-state index contributed by atoms with van der Waals surface area (Å²) in [4.78, 5) is 15.1. The van der Waals surface area contributed by atoms with E-state index in [1.165, 1.54) is 0 Å². The second-order valence-corrected chi connectivity index (χ2v) is 3.84. The summed E-state index contributed by atoms with van der Waals surface area (Å²) in [7, 11) is 0. The topological polar surface area (TPSA) is 46.9 Å². The molecule has 0 fully saturated rings. The molecule has 2 rings (SSSR count). The third kappa shape index (κ3) is 2.87. The molecule has 0 saturated carbocycles. The van der Waals surface area contributed by atoms with Gasteiger partial charge in [-0.2, -0.15) is 13.2 Å². The minimum Gasteiger partial charge on any atom is -0.325 e. The monoisotopic (exact) mass is 281 g/mol. The van der Waals surface area contributed by atoms with Gasteiger partial charge in [-0.25, -0.2) is 4.98 Å². The molecule has 104 valence electrons. The summed E-state index contributed by atoms with van der Waals surface area (Å²) >= 11 is 0. The van der Waals surface area contributed by atoms with E-state index in [0.717, 1.165) is 10.8 Å². The van der Waals surface area contributed by atoms with E-state index in [-0.39, 0.29) is 5.95 Å². The average Bonchev–Trinajstić information content (AvgIpc) is 2.38. The highest BCUT2D eigenvalue weighted by atomic mass is 19.4. The van der Waals surface area contributed by atoms with Crippen LogP contribution in [0.15, 0.2) is 47.8 Å². The third-order valence-electron chi connectivity index (χ3n) is 2.46. The summed E-state index contributed by atoms with van der Waals surface area (Å²) in [5.41, 5.74) is -1.60. The molecule has 4 nitrogen and oxygen atoms in total. The summed E-state index contributed by atoms with van der Waals surface area (Å²) in [6.07, 6.45) is -3.59. The van der Waals surface area contributed by atoms with Crippen LogP contribution in [0.4, 0.5) is 24.8 Å². The highest BCUT2D eigenvalue weighted by molar-refractivity contribution is 5.55. The standard InChI is InChI=1S/C13H10F3N3O/c1-2-19-11(20)8-10(13(14,15)16)18-12(19)17-9-6-4-3-5-7-9/h2-8H,1H2,(H,17,18). The van der Waals surface area contributed by atoms with Crippen molar-refractivity contribution in [1.29, 1.82) is 0 Å². The first kappa shape index (κ1) is 13.9. The predicted molar refractivity (Wildman–Crippen MR) is 69.6 cm³/mol. The molecule has 1 aromatic carbocycles. The molecular weight excluding hydrogens is 271 g/mol. The molecule has 1 heterocycles. The quantitative estimate of drug-likeness (QED) is 0.940. The van der Waals surface area contributed by atoms with E-state index in [2.05, 4.69) is 16.9 Å². The maximum atomic E-state index is 12.7.